The summed E-state index contributed by atoms with van der Waals surface area (Å²) in [5, 5.41) is 2.96. The highest BCUT2D eigenvalue weighted by Gasteiger charge is 2.26. The number of hydrogen-bond acceptors (Lipinski definition) is 6. The number of morpholine rings is 1. The Morgan fingerprint density at radius 2 is 1.70 bits per heavy atom. The van der Waals surface area contributed by atoms with Crippen LogP contribution in [0.1, 0.15) is 27.9 Å². The number of hydrogen-bond donors (Lipinski definition) is 2. The van der Waals surface area contributed by atoms with Gasteiger partial charge in [-0.05, 0) is 55.5 Å². The number of aryl methyl sites for hydroxylation is 1. The molecule has 1 amide bonds. The fourth-order valence-electron chi connectivity index (χ4n) is 3.73. The van der Waals surface area contributed by atoms with Gasteiger partial charge in [0.05, 0.1) is 24.2 Å². The van der Waals surface area contributed by atoms with Crippen LogP contribution in [0, 0.1) is 6.92 Å². The van der Waals surface area contributed by atoms with Crippen molar-refractivity contribution in [2.24, 2.45) is 0 Å². The first kappa shape index (κ1) is 23.0. The summed E-state index contributed by atoms with van der Waals surface area (Å²) in [5.41, 5.74) is 0.853. The molecular weight excluding hydrogens is 442 g/mol. The van der Waals surface area contributed by atoms with Gasteiger partial charge in [0.25, 0.3) is 15.9 Å². The fraction of sp³-hybridized carbons (Fsp3) is 0.292. The van der Waals surface area contributed by atoms with Gasteiger partial charge in [0.15, 0.2) is 0 Å². The van der Waals surface area contributed by atoms with Gasteiger partial charge in [0, 0.05) is 30.9 Å². The van der Waals surface area contributed by atoms with E-state index in [1.54, 1.807) is 24.3 Å². The average Bonchev–Trinajstić information content (AvgIpc) is 3.26. The van der Waals surface area contributed by atoms with Crippen LogP contribution in [0.2, 0.25) is 0 Å². The zero-order valence-electron chi connectivity index (χ0n) is 18.4. The lowest BCUT2D eigenvalue weighted by atomic mass is 10.1. The largest absolute Gasteiger partial charge is 0.465 e. The van der Waals surface area contributed by atoms with E-state index in [1.807, 2.05) is 25.1 Å². The first-order chi connectivity index (χ1) is 15.9. The Morgan fingerprint density at radius 1 is 1.00 bits per heavy atom. The molecule has 0 saturated carbocycles. The van der Waals surface area contributed by atoms with Gasteiger partial charge in [0.2, 0.25) is 0 Å². The number of ether oxygens (including phenoxy) is 1. The molecule has 9 heteroatoms. The molecule has 2 heterocycles. The third-order valence-electron chi connectivity index (χ3n) is 5.48. The lowest BCUT2D eigenvalue weighted by Crippen LogP contribution is -2.43. The minimum atomic E-state index is -3.74. The molecule has 0 aliphatic carbocycles. The van der Waals surface area contributed by atoms with Crippen LogP contribution in [0.3, 0.4) is 0 Å². The number of amides is 1. The topological polar surface area (TPSA) is 101 Å². The Bertz CT molecular complexity index is 1170. The molecule has 2 aromatic carbocycles. The number of benzene rings is 2. The summed E-state index contributed by atoms with van der Waals surface area (Å²) in [5.74, 6) is 1.33. The summed E-state index contributed by atoms with van der Waals surface area (Å²) in [4.78, 5) is 15.1. The van der Waals surface area contributed by atoms with Crippen LogP contribution in [0.5, 0.6) is 0 Å². The Labute approximate surface area is 193 Å². The fourth-order valence-corrected chi connectivity index (χ4v) is 4.79. The number of sulfonamides is 1. The standard InChI is InChI=1S/C24H27N3O5S/c1-18-7-12-23(32-18)22(27-13-15-31-16-14-27)17-25-24(28)19-8-10-21(11-9-19)33(29,30)26-20-5-3-2-4-6-20/h2-12,22,26H,13-17H2,1H3,(H,25,28)/t22-/m0/s1. The van der Waals surface area contributed by atoms with Crippen molar-refractivity contribution in [3.63, 3.8) is 0 Å². The van der Waals surface area contributed by atoms with Crippen LogP contribution in [-0.2, 0) is 14.8 Å². The predicted octanol–water partition coefficient (Wildman–Crippen LogP) is 3.19. The third kappa shape index (κ3) is 5.81. The Hall–Kier alpha value is -3.14. The van der Waals surface area contributed by atoms with Crippen molar-refractivity contribution in [3.05, 3.63) is 83.8 Å². The van der Waals surface area contributed by atoms with E-state index in [2.05, 4.69) is 14.9 Å². The van der Waals surface area contributed by atoms with Crippen LogP contribution >= 0.6 is 0 Å². The van der Waals surface area contributed by atoms with Crippen molar-refractivity contribution in [1.82, 2.24) is 10.2 Å². The highest BCUT2D eigenvalue weighted by atomic mass is 32.2. The lowest BCUT2D eigenvalue weighted by Gasteiger charge is -2.33. The van der Waals surface area contributed by atoms with E-state index in [4.69, 9.17) is 9.15 Å². The second-order valence-electron chi connectivity index (χ2n) is 7.82. The molecule has 1 saturated heterocycles. The van der Waals surface area contributed by atoms with Crippen LogP contribution in [0.15, 0.2) is 76.0 Å². The first-order valence-corrected chi connectivity index (χ1v) is 12.2. The number of para-hydroxylation sites is 1. The lowest BCUT2D eigenvalue weighted by molar-refractivity contribution is 0.0117. The summed E-state index contributed by atoms with van der Waals surface area (Å²) >= 11 is 0. The maximum Gasteiger partial charge on any atom is 0.261 e. The molecule has 0 radical (unpaired) electrons. The Kier molecular flexibility index (Phi) is 7.12. The van der Waals surface area contributed by atoms with Gasteiger partial charge >= 0.3 is 0 Å². The molecule has 174 valence electrons. The van der Waals surface area contributed by atoms with Gasteiger partial charge in [-0.1, -0.05) is 18.2 Å². The van der Waals surface area contributed by atoms with Crippen molar-refractivity contribution in [1.29, 1.82) is 0 Å². The molecule has 1 aromatic heterocycles. The van der Waals surface area contributed by atoms with Crippen molar-refractivity contribution < 1.29 is 22.4 Å². The van der Waals surface area contributed by atoms with Gasteiger partial charge in [0.1, 0.15) is 11.5 Å². The molecule has 3 aromatic rings. The summed E-state index contributed by atoms with van der Waals surface area (Å²) < 4.78 is 39.0. The zero-order valence-corrected chi connectivity index (χ0v) is 19.2. The van der Waals surface area contributed by atoms with Crippen LogP contribution in [0.4, 0.5) is 5.69 Å². The smallest absolute Gasteiger partial charge is 0.261 e. The highest BCUT2D eigenvalue weighted by molar-refractivity contribution is 7.92. The number of nitrogens with one attached hydrogen (secondary N) is 2. The quantitative estimate of drug-likeness (QED) is 0.526. The molecular formula is C24H27N3O5S. The summed E-state index contributed by atoms with van der Waals surface area (Å²) in [7, 11) is -3.74. The molecule has 0 bridgehead atoms. The van der Waals surface area contributed by atoms with Gasteiger partial charge in [-0.15, -0.1) is 0 Å². The second-order valence-corrected chi connectivity index (χ2v) is 9.50. The maximum atomic E-state index is 12.8. The molecule has 0 unspecified atom stereocenters. The molecule has 33 heavy (non-hydrogen) atoms. The predicted molar refractivity (Wildman–Crippen MR) is 125 cm³/mol. The van der Waals surface area contributed by atoms with E-state index < -0.39 is 10.0 Å². The molecule has 4 rings (SSSR count). The van der Waals surface area contributed by atoms with Gasteiger partial charge in [-0.3, -0.25) is 14.4 Å². The number of carbonyl (C=O) groups is 1. The summed E-state index contributed by atoms with van der Waals surface area (Å²) in [6.45, 7) is 5.03. The van der Waals surface area contributed by atoms with Crippen molar-refractivity contribution >= 4 is 21.6 Å². The maximum absolute atomic E-state index is 12.8. The average molecular weight is 470 g/mol. The van der Waals surface area contributed by atoms with E-state index in [-0.39, 0.29) is 16.8 Å². The van der Waals surface area contributed by atoms with E-state index >= 15 is 0 Å². The Morgan fingerprint density at radius 3 is 2.33 bits per heavy atom. The van der Waals surface area contributed by atoms with Gasteiger partial charge in [-0.2, -0.15) is 0 Å². The molecule has 1 fully saturated rings. The molecule has 1 atom stereocenters. The minimum absolute atomic E-state index is 0.0835. The number of furan rings is 1. The van der Waals surface area contributed by atoms with E-state index in [0.717, 1.165) is 24.6 Å². The van der Waals surface area contributed by atoms with Crippen molar-refractivity contribution in [2.75, 3.05) is 37.6 Å². The highest BCUT2D eigenvalue weighted by Crippen LogP contribution is 2.23. The van der Waals surface area contributed by atoms with Crippen LogP contribution in [0.25, 0.3) is 0 Å². The molecule has 8 nitrogen and oxygen atoms in total. The Balaban J connectivity index is 1.42. The molecule has 2 N–H and O–H groups in total. The van der Waals surface area contributed by atoms with E-state index in [0.29, 0.717) is 31.0 Å². The van der Waals surface area contributed by atoms with Crippen molar-refractivity contribution in [3.8, 4) is 0 Å². The van der Waals surface area contributed by atoms with E-state index in [1.165, 1.54) is 24.3 Å². The summed E-state index contributed by atoms with van der Waals surface area (Å²) in [6.07, 6.45) is 0. The van der Waals surface area contributed by atoms with Crippen molar-refractivity contribution in [2.45, 2.75) is 17.9 Å². The van der Waals surface area contributed by atoms with E-state index in [9.17, 15) is 13.2 Å². The van der Waals surface area contributed by atoms with Crippen LogP contribution in [-0.4, -0.2) is 52.1 Å². The normalized spacial score (nSPS) is 15.7. The van der Waals surface area contributed by atoms with Gasteiger partial charge in [-0.25, -0.2) is 8.42 Å². The molecule has 1 aliphatic rings. The number of rotatable bonds is 8. The van der Waals surface area contributed by atoms with Crippen LogP contribution < -0.4 is 10.0 Å². The zero-order chi connectivity index (χ0) is 23.3. The number of anilines is 1. The third-order valence-corrected chi connectivity index (χ3v) is 6.88. The summed E-state index contributed by atoms with van der Waals surface area (Å²) in [6, 6.07) is 18.3. The molecule has 0 spiro atoms. The minimum Gasteiger partial charge on any atom is -0.465 e. The number of nitrogens with zero attached hydrogens (tertiary/aromatic N) is 1. The second kappa shape index (κ2) is 10.2. The SMILES string of the molecule is Cc1ccc([C@H](CNC(=O)c2ccc(S(=O)(=O)Nc3ccccc3)cc2)N2CCOCC2)o1. The monoisotopic (exact) mass is 469 g/mol. The molecule has 1 aliphatic heterocycles. The first-order valence-electron chi connectivity index (χ1n) is 10.8. The van der Waals surface area contributed by atoms with Gasteiger partial charge < -0.3 is 14.5 Å². The number of carbonyl (C=O) groups excluding carboxylic acids is 1.